The molecule has 0 atom stereocenters. The van der Waals surface area contributed by atoms with Crippen molar-refractivity contribution in [2.45, 2.75) is 20.8 Å². The quantitative estimate of drug-likeness (QED) is 0.0965. The van der Waals surface area contributed by atoms with Crippen LogP contribution in [0, 0.1) is 5.92 Å². The molecule has 0 saturated carbocycles. The number of nitrogens with one attached hydrogen (secondary N) is 1. The smallest absolute Gasteiger partial charge is 0.325 e. The van der Waals surface area contributed by atoms with Gasteiger partial charge < -0.3 is 48.9 Å². The number of carboxylic acid groups (broad SMARTS) is 1. The van der Waals surface area contributed by atoms with E-state index in [0.29, 0.717) is 53.8 Å². The van der Waals surface area contributed by atoms with Crippen molar-refractivity contribution in [3.63, 3.8) is 0 Å². The second-order valence-corrected chi connectivity index (χ2v) is 14.5. The molecule has 310 valence electrons. The van der Waals surface area contributed by atoms with E-state index in [9.17, 15) is 19.5 Å². The topological polar surface area (TPSA) is 133 Å². The fourth-order valence-corrected chi connectivity index (χ4v) is 7.65. The Morgan fingerprint density at radius 3 is 2.22 bits per heavy atom. The van der Waals surface area contributed by atoms with E-state index in [1.165, 1.54) is 7.11 Å². The minimum Gasteiger partial charge on any atom is -0.545 e. The Morgan fingerprint density at radius 1 is 0.783 bits per heavy atom. The van der Waals surface area contributed by atoms with E-state index in [1.54, 1.807) is 36.4 Å². The van der Waals surface area contributed by atoms with E-state index < -0.39 is 5.97 Å². The highest BCUT2D eigenvalue weighted by molar-refractivity contribution is 5.98. The summed E-state index contributed by atoms with van der Waals surface area (Å²) in [5.74, 6) is 0.342. The van der Waals surface area contributed by atoms with Gasteiger partial charge in [0.05, 0.1) is 30.4 Å². The molecule has 0 spiro atoms. The molecule has 0 aromatic heterocycles. The maximum atomic E-state index is 13.6. The molecule has 1 amide bonds. The summed E-state index contributed by atoms with van der Waals surface area (Å²) >= 11 is 0. The van der Waals surface area contributed by atoms with Crippen molar-refractivity contribution in [3.8, 4) is 23.0 Å². The van der Waals surface area contributed by atoms with Crippen molar-refractivity contribution in [1.29, 1.82) is 0 Å². The van der Waals surface area contributed by atoms with Crippen LogP contribution in [-0.2, 0) is 14.3 Å². The number of aromatic carboxylic acids is 1. The molecule has 60 heavy (non-hydrogen) atoms. The van der Waals surface area contributed by atoms with E-state index in [4.69, 9.17) is 18.9 Å². The van der Waals surface area contributed by atoms with E-state index in [1.807, 2.05) is 78.6 Å². The van der Waals surface area contributed by atoms with E-state index in [0.717, 1.165) is 51.8 Å². The number of likely N-dealkylation sites (N-methyl/N-ethyl adjacent to an activating group) is 1. The average Bonchev–Trinajstić information content (AvgIpc) is 3.23. The number of carbonyl (C=O) groups is 3. The standard InChI is InChI=1S/C48H50N4O8/c1-6-50(7-2)39-15-11-12-16-41(39)58-23-24-59-44-26-33(18-22-40(44)51(8-3)30-45(53)57-5)49-47(54)32-28-52(29-32)34-19-21-38-43(27-34)60-42-25-31(4)17-20-37(42)46(38)35-13-9-10-14-36(35)48(55)56/h9-22,25-27,32H,4,6-8,23-24,28-30H2,1-3,5H3,(H,49,54)(H,55,56)/p-1. The van der Waals surface area contributed by atoms with Crippen molar-refractivity contribution in [2.75, 3.05) is 79.6 Å². The molecule has 2 aliphatic rings. The lowest BCUT2D eigenvalue weighted by molar-refractivity contribution is -0.255. The number of carbonyl (C=O) groups excluding carboxylic acids is 3. The summed E-state index contributed by atoms with van der Waals surface area (Å²) in [7, 11) is 1.36. The van der Waals surface area contributed by atoms with Gasteiger partial charge in [0.15, 0.2) is 0 Å². The highest BCUT2D eigenvalue weighted by Gasteiger charge is 2.34. The molecule has 1 fully saturated rings. The molecular weight excluding hydrogens is 761 g/mol. The van der Waals surface area contributed by atoms with Crippen LogP contribution in [-0.4, -0.2) is 77.4 Å². The van der Waals surface area contributed by atoms with Crippen LogP contribution in [0.1, 0.15) is 42.3 Å². The molecule has 5 aromatic carbocycles. The molecule has 2 aliphatic heterocycles. The van der Waals surface area contributed by atoms with Crippen molar-refractivity contribution >= 4 is 52.7 Å². The number of benzene rings is 5. The number of hydrogen-bond donors (Lipinski definition) is 1. The van der Waals surface area contributed by atoms with Gasteiger partial charge in [-0.2, -0.15) is 0 Å². The van der Waals surface area contributed by atoms with Crippen LogP contribution in [0.15, 0.2) is 103 Å². The van der Waals surface area contributed by atoms with Crippen LogP contribution in [0.2, 0.25) is 0 Å². The van der Waals surface area contributed by atoms with Gasteiger partial charge in [0.25, 0.3) is 0 Å². The SMILES string of the molecule is C=c1ccc2c(c1)Oc1cc(N3CC(C(=O)Nc4ccc(N(CC)CC(=O)OC)c(OCCOc5ccccc5N(CC)CC)c4)C3)ccc1C=2c1ccccc1C(=O)[O-]. The predicted molar refractivity (Wildman–Crippen MR) is 232 cm³/mol. The lowest BCUT2D eigenvalue weighted by Crippen LogP contribution is -2.52. The van der Waals surface area contributed by atoms with Crippen LogP contribution >= 0.6 is 0 Å². The van der Waals surface area contributed by atoms with Gasteiger partial charge in [0.2, 0.25) is 5.91 Å². The van der Waals surface area contributed by atoms with Crippen LogP contribution in [0.25, 0.3) is 12.2 Å². The number of esters is 1. The monoisotopic (exact) mass is 809 g/mol. The maximum absolute atomic E-state index is 13.6. The average molecular weight is 810 g/mol. The van der Waals surface area contributed by atoms with Crippen molar-refractivity contribution in [1.82, 2.24) is 0 Å². The number of carboxylic acids is 1. The van der Waals surface area contributed by atoms with Gasteiger partial charge in [0, 0.05) is 78.1 Å². The Balaban J connectivity index is 1.05. The Bertz CT molecular complexity index is 2510. The molecule has 12 heteroatoms. The van der Waals surface area contributed by atoms with Gasteiger partial charge in [-0.25, -0.2) is 0 Å². The second kappa shape index (κ2) is 18.3. The number of nitrogens with zero attached hydrogens (tertiary/aromatic N) is 3. The van der Waals surface area contributed by atoms with Crippen LogP contribution in [0.5, 0.6) is 23.0 Å². The Morgan fingerprint density at radius 2 is 1.48 bits per heavy atom. The first kappa shape index (κ1) is 41.2. The largest absolute Gasteiger partial charge is 0.545 e. The van der Waals surface area contributed by atoms with Crippen LogP contribution in [0.3, 0.4) is 0 Å². The summed E-state index contributed by atoms with van der Waals surface area (Å²) in [6.07, 6.45) is 0. The summed E-state index contributed by atoms with van der Waals surface area (Å²) in [6, 6.07) is 31.5. The van der Waals surface area contributed by atoms with Crippen LogP contribution < -0.4 is 49.8 Å². The molecule has 0 unspecified atom stereocenters. The zero-order valence-corrected chi connectivity index (χ0v) is 34.4. The zero-order valence-electron chi connectivity index (χ0n) is 34.4. The molecular formula is C48H49N4O8-. The summed E-state index contributed by atoms with van der Waals surface area (Å²) < 4.78 is 23.8. The number of amides is 1. The van der Waals surface area contributed by atoms with Gasteiger partial charge in [-0.15, -0.1) is 0 Å². The van der Waals surface area contributed by atoms with E-state index >= 15 is 0 Å². The normalized spacial score (nSPS) is 12.9. The highest BCUT2D eigenvalue weighted by Crippen LogP contribution is 2.40. The van der Waals surface area contributed by atoms with Gasteiger partial charge >= 0.3 is 5.97 Å². The Hall–Kier alpha value is -6.95. The van der Waals surface area contributed by atoms with E-state index in [-0.39, 0.29) is 43.1 Å². The number of hydrogen-bond acceptors (Lipinski definition) is 11. The van der Waals surface area contributed by atoms with E-state index in [2.05, 4.69) is 35.5 Å². The maximum Gasteiger partial charge on any atom is 0.325 e. The molecule has 2 heterocycles. The van der Waals surface area contributed by atoms with Crippen molar-refractivity contribution in [3.05, 3.63) is 130 Å². The number of methoxy groups -OCH3 is 1. The molecule has 1 saturated heterocycles. The summed E-state index contributed by atoms with van der Waals surface area (Å²) in [5, 5.41) is 16.7. The van der Waals surface area contributed by atoms with Crippen molar-refractivity contribution in [2.24, 2.45) is 5.92 Å². The van der Waals surface area contributed by atoms with Crippen LogP contribution in [0.4, 0.5) is 22.7 Å². The zero-order chi connectivity index (χ0) is 42.3. The summed E-state index contributed by atoms with van der Waals surface area (Å²) in [4.78, 5) is 44.3. The fourth-order valence-electron chi connectivity index (χ4n) is 7.65. The molecule has 0 bridgehead atoms. The second-order valence-electron chi connectivity index (χ2n) is 14.5. The minimum atomic E-state index is -1.26. The van der Waals surface area contributed by atoms with Crippen molar-refractivity contribution < 1.29 is 38.4 Å². The highest BCUT2D eigenvalue weighted by atomic mass is 16.5. The predicted octanol–water partition coefficient (Wildman–Crippen LogP) is 5.19. The minimum absolute atomic E-state index is 0.0320. The number of fused-ring (bicyclic) bond motifs is 2. The first-order valence-corrected chi connectivity index (χ1v) is 20.2. The lowest BCUT2D eigenvalue weighted by atomic mass is 9.89. The van der Waals surface area contributed by atoms with Gasteiger partial charge in [-0.1, -0.05) is 55.1 Å². The van der Waals surface area contributed by atoms with Gasteiger partial charge in [-0.3, -0.25) is 9.59 Å². The molecule has 12 nitrogen and oxygen atoms in total. The number of para-hydroxylation sites is 2. The van der Waals surface area contributed by atoms with Gasteiger partial charge in [0.1, 0.15) is 42.8 Å². The molecule has 1 N–H and O–H groups in total. The number of rotatable bonds is 17. The third-order valence-corrected chi connectivity index (χ3v) is 10.9. The van der Waals surface area contributed by atoms with Gasteiger partial charge in [-0.05, 0) is 74.0 Å². The molecule has 0 aliphatic carbocycles. The summed E-state index contributed by atoms with van der Waals surface area (Å²) in [6.45, 7) is 13.9. The molecule has 0 radical (unpaired) electrons. The fraction of sp³-hybridized carbons (Fsp3) is 0.271. The third kappa shape index (κ3) is 8.73. The Kier molecular flexibility index (Phi) is 12.6. The third-order valence-electron chi connectivity index (χ3n) is 10.9. The first-order valence-electron chi connectivity index (χ1n) is 20.2. The molecule has 5 aromatic rings. The number of ether oxygens (including phenoxy) is 4. The lowest BCUT2D eigenvalue weighted by Gasteiger charge is -2.40. The Labute approximate surface area is 349 Å². The summed E-state index contributed by atoms with van der Waals surface area (Å²) in [5.41, 5.74) is 5.23. The molecule has 7 rings (SSSR count). The first-order chi connectivity index (χ1) is 29.1. The number of anilines is 4.